The van der Waals surface area contributed by atoms with Crippen molar-refractivity contribution in [3.05, 3.63) is 41.8 Å². The van der Waals surface area contributed by atoms with Gasteiger partial charge in [-0.3, -0.25) is 5.10 Å². The first-order valence-electron chi connectivity index (χ1n) is 8.62. The zero-order chi connectivity index (χ0) is 18.0. The van der Waals surface area contributed by atoms with Gasteiger partial charge in [-0.05, 0) is 63.9 Å². The third-order valence-corrected chi connectivity index (χ3v) is 4.23. The van der Waals surface area contributed by atoms with Gasteiger partial charge in [0.2, 0.25) is 0 Å². The Hall–Kier alpha value is -2.37. The molecule has 0 spiro atoms. The molecule has 1 unspecified atom stereocenters. The molecule has 5 nitrogen and oxygen atoms in total. The minimum absolute atomic E-state index is 0.108. The number of carbonyl (C=O) groups excluding carboxylic acids is 1. The van der Waals surface area contributed by atoms with Crippen LogP contribution in [-0.4, -0.2) is 39.4 Å². The monoisotopic (exact) mass is 345 g/mol. The van der Waals surface area contributed by atoms with E-state index in [1.807, 2.05) is 31.7 Å². The quantitative estimate of drug-likeness (QED) is 0.909. The van der Waals surface area contributed by atoms with Crippen LogP contribution in [0.1, 0.15) is 39.3 Å². The highest BCUT2D eigenvalue weighted by atomic mass is 19.1. The average molecular weight is 345 g/mol. The van der Waals surface area contributed by atoms with Crippen LogP contribution < -0.4 is 0 Å². The molecule has 1 atom stereocenters. The SMILES string of the molecule is CC(C)(C)OC(=O)N1CCCC1Cc1cc(-c2ccc(F)cc2)n[nH]1. The summed E-state index contributed by atoms with van der Waals surface area (Å²) in [4.78, 5) is 14.2. The molecule has 0 saturated carbocycles. The molecular formula is C19H24FN3O2. The molecule has 3 rings (SSSR count). The molecule has 2 heterocycles. The molecular weight excluding hydrogens is 321 g/mol. The van der Waals surface area contributed by atoms with Crippen molar-refractivity contribution in [2.45, 2.75) is 51.7 Å². The zero-order valence-corrected chi connectivity index (χ0v) is 14.9. The summed E-state index contributed by atoms with van der Waals surface area (Å²) in [5.74, 6) is -0.265. The smallest absolute Gasteiger partial charge is 0.410 e. The van der Waals surface area contributed by atoms with Crippen molar-refractivity contribution in [3.8, 4) is 11.3 Å². The van der Waals surface area contributed by atoms with Crippen molar-refractivity contribution in [1.29, 1.82) is 0 Å². The third-order valence-electron chi connectivity index (χ3n) is 4.23. The second-order valence-electron chi connectivity index (χ2n) is 7.46. The Morgan fingerprint density at radius 1 is 1.36 bits per heavy atom. The van der Waals surface area contributed by atoms with Crippen molar-refractivity contribution < 1.29 is 13.9 Å². The predicted octanol–water partition coefficient (Wildman–Crippen LogP) is 4.16. The summed E-state index contributed by atoms with van der Waals surface area (Å²) in [5, 5.41) is 7.34. The molecule has 1 aromatic heterocycles. The van der Waals surface area contributed by atoms with E-state index in [-0.39, 0.29) is 18.0 Å². The van der Waals surface area contributed by atoms with E-state index < -0.39 is 5.60 Å². The standard InChI is InChI=1S/C19H24FN3O2/c1-19(2,3)25-18(24)23-10-4-5-16(23)11-15-12-17(22-21-15)13-6-8-14(20)9-7-13/h6-9,12,16H,4-5,10-11H2,1-3H3,(H,21,22). The van der Waals surface area contributed by atoms with Gasteiger partial charge in [-0.1, -0.05) is 0 Å². The summed E-state index contributed by atoms with van der Waals surface area (Å²) < 4.78 is 18.5. The lowest BCUT2D eigenvalue weighted by Crippen LogP contribution is -2.40. The Morgan fingerprint density at radius 2 is 2.08 bits per heavy atom. The van der Waals surface area contributed by atoms with Crippen LogP contribution in [-0.2, 0) is 11.2 Å². The molecule has 1 aromatic carbocycles. The van der Waals surface area contributed by atoms with Gasteiger partial charge in [0.15, 0.2) is 0 Å². The van der Waals surface area contributed by atoms with Crippen LogP contribution in [0.15, 0.2) is 30.3 Å². The number of benzene rings is 1. The number of ether oxygens (including phenoxy) is 1. The number of H-pyrrole nitrogens is 1. The number of carbonyl (C=O) groups is 1. The number of likely N-dealkylation sites (tertiary alicyclic amines) is 1. The molecule has 2 aromatic rings. The van der Waals surface area contributed by atoms with E-state index in [0.717, 1.165) is 36.3 Å². The van der Waals surface area contributed by atoms with Gasteiger partial charge in [0.05, 0.1) is 5.69 Å². The molecule has 25 heavy (non-hydrogen) atoms. The molecule has 134 valence electrons. The van der Waals surface area contributed by atoms with Crippen LogP contribution in [0.3, 0.4) is 0 Å². The van der Waals surface area contributed by atoms with Gasteiger partial charge in [0, 0.05) is 30.3 Å². The van der Waals surface area contributed by atoms with Crippen LogP contribution in [0.2, 0.25) is 0 Å². The molecule has 1 fully saturated rings. The summed E-state index contributed by atoms with van der Waals surface area (Å²) in [7, 11) is 0. The number of nitrogens with zero attached hydrogens (tertiary/aromatic N) is 2. The van der Waals surface area contributed by atoms with E-state index in [1.54, 1.807) is 12.1 Å². The largest absolute Gasteiger partial charge is 0.444 e. The number of aromatic nitrogens is 2. The van der Waals surface area contributed by atoms with Crippen molar-refractivity contribution >= 4 is 6.09 Å². The van der Waals surface area contributed by atoms with Crippen LogP contribution in [0.5, 0.6) is 0 Å². The molecule has 1 aliphatic rings. The number of halogens is 1. The van der Waals surface area contributed by atoms with Crippen LogP contribution in [0.4, 0.5) is 9.18 Å². The van der Waals surface area contributed by atoms with E-state index in [4.69, 9.17) is 4.74 Å². The van der Waals surface area contributed by atoms with E-state index in [0.29, 0.717) is 6.42 Å². The van der Waals surface area contributed by atoms with Crippen molar-refractivity contribution in [3.63, 3.8) is 0 Å². The van der Waals surface area contributed by atoms with Gasteiger partial charge in [0.1, 0.15) is 11.4 Å². The third kappa shape index (κ3) is 4.38. The summed E-state index contributed by atoms with van der Waals surface area (Å²) in [6.45, 7) is 6.35. The first-order chi connectivity index (χ1) is 11.8. The molecule has 6 heteroatoms. The fourth-order valence-corrected chi connectivity index (χ4v) is 3.10. The fraction of sp³-hybridized carbons (Fsp3) is 0.474. The fourth-order valence-electron chi connectivity index (χ4n) is 3.10. The van der Waals surface area contributed by atoms with Crippen molar-refractivity contribution in [2.24, 2.45) is 0 Å². The summed E-state index contributed by atoms with van der Waals surface area (Å²) in [6.07, 6.45) is 2.37. The maximum Gasteiger partial charge on any atom is 0.410 e. The predicted molar refractivity (Wildman–Crippen MR) is 93.6 cm³/mol. The minimum Gasteiger partial charge on any atom is -0.444 e. The molecule has 0 bridgehead atoms. The lowest BCUT2D eigenvalue weighted by molar-refractivity contribution is 0.0226. The lowest BCUT2D eigenvalue weighted by Gasteiger charge is -2.28. The number of nitrogens with one attached hydrogen (secondary N) is 1. The van der Waals surface area contributed by atoms with Crippen LogP contribution in [0, 0.1) is 5.82 Å². The summed E-state index contributed by atoms with van der Waals surface area (Å²) in [5.41, 5.74) is 2.10. The molecule has 1 N–H and O–H groups in total. The Labute approximate surface area is 147 Å². The minimum atomic E-state index is -0.492. The second-order valence-corrected chi connectivity index (χ2v) is 7.46. The molecule has 1 amide bonds. The lowest BCUT2D eigenvalue weighted by atomic mass is 10.1. The van der Waals surface area contributed by atoms with Gasteiger partial charge < -0.3 is 9.64 Å². The Bertz CT molecular complexity index is 734. The van der Waals surface area contributed by atoms with Crippen molar-refractivity contribution in [2.75, 3.05) is 6.54 Å². The zero-order valence-electron chi connectivity index (χ0n) is 14.9. The first-order valence-corrected chi connectivity index (χ1v) is 8.62. The number of amides is 1. The van der Waals surface area contributed by atoms with Crippen LogP contribution >= 0.6 is 0 Å². The highest BCUT2D eigenvalue weighted by Crippen LogP contribution is 2.25. The Balaban J connectivity index is 1.67. The van der Waals surface area contributed by atoms with Crippen LogP contribution in [0.25, 0.3) is 11.3 Å². The highest BCUT2D eigenvalue weighted by Gasteiger charge is 2.32. The molecule has 0 radical (unpaired) electrons. The van der Waals surface area contributed by atoms with Gasteiger partial charge in [-0.2, -0.15) is 5.10 Å². The normalized spacial score (nSPS) is 17.8. The topological polar surface area (TPSA) is 58.2 Å². The van der Waals surface area contributed by atoms with E-state index in [1.165, 1.54) is 12.1 Å². The first kappa shape index (κ1) is 17.5. The molecule has 1 saturated heterocycles. The Kier molecular flexibility index (Phi) is 4.79. The van der Waals surface area contributed by atoms with E-state index >= 15 is 0 Å². The molecule has 1 aliphatic heterocycles. The van der Waals surface area contributed by atoms with Gasteiger partial charge in [-0.25, -0.2) is 9.18 Å². The number of hydrogen-bond donors (Lipinski definition) is 1. The van der Waals surface area contributed by atoms with Gasteiger partial charge >= 0.3 is 6.09 Å². The number of aromatic amines is 1. The summed E-state index contributed by atoms with van der Waals surface area (Å²) in [6, 6.07) is 8.32. The maximum atomic E-state index is 13.0. The Morgan fingerprint density at radius 3 is 2.76 bits per heavy atom. The molecule has 0 aliphatic carbocycles. The van der Waals surface area contributed by atoms with E-state index in [9.17, 15) is 9.18 Å². The number of hydrogen-bond acceptors (Lipinski definition) is 3. The number of rotatable bonds is 3. The van der Waals surface area contributed by atoms with E-state index in [2.05, 4.69) is 10.2 Å². The van der Waals surface area contributed by atoms with Gasteiger partial charge in [-0.15, -0.1) is 0 Å². The average Bonchev–Trinajstić information content (AvgIpc) is 3.16. The van der Waals surface area contributed by atoms with Crippen molar-refractivity contribution in [1.82, 2.24) is 15.1 Å². The second kappa shape index (κ2) is 6.86. The maximum absolute atomic E-state index is 13.0. The van der Waals surface area contributed by atoms with Gasteiger partial charge in [0.25, 0.3) is 0 Å². The summed E-state index contributed by atoms with van der Waals surface area (Å²) >= 11 is 0. The highest BCUT2D eigenvalue weighted by molar-refractivity contribution is 5.69.